The molecule has 1 aromatic carbocycles. The van der Waals surface area contributed by atoms with E-state index in [1.807, 2.05) is 31.3 Å². The molecule has 0 unspecified atom stereocenters. The third-order valence-electron chi connectivity index (χ3n) is 1.38. The molecular formula is C8H11N3. The molecule has 0 aliphatic heterocycles. The number of hydrogen-bond acceptors (Lipinski definition) is 3. The molecule has 1 N–H and O–H groups in total. The Bertz CT molecular complexity index is 255. The highest BCUT2D eigenvalue weighted by Gasteiger charge is 1.94. The van der Waals surface area contributed by atoms with Gasteiger partial charge >= 0.3 is 0 Å². The van der Waals surface area contributed by atoms with Gasteiger partial charge in [0.2, 0.25) is 0 Å². The van der Waals surface area contributed by atoms with E-state index in [-0.39, 0.29) is 0 Å². The number of benzene rings is 1. The van der Waals surface area contributed by atoms with Crippen LogP contribution in [0.4, 0.5) is 11.4 Å². The van der Waals surface area contributed by atoms with Crippen molar-refractivity contribution in [2.24, 2.45) is 10.2 Å². The molecule has 0 aliphatic carbocycles. The van der Waals surface area contributed by atoms with E-state index < -0.39 is 0 Å². The first-order chi connectivity index (χ1) is 5.38. The molecule has 0 saturated heterocycles. The number of rotatable bonds is 2. The average Bonchev–Trinajstić information content (AvgIpc) is 2.06. The van der Waals surface area contributed by atoms with Crippen molar-refractivity contribution >= 4 is 11.4 Å². The second-order valence-electron chi connectivity index (χ2n) is 2.07. The predicted molar refractivity (Wildman–Crippen MR) is 46.4 cm³/mol. The lowest BCUT2D eigenvalue weighted by atomic mass is 10.3. The molecule has 0 bridgehead atoms. The van der Waals surface area contributed by atoms with Gasteiger partial charge in [-0.15, -0.1) is 0 Å². The van der Waals surface area contributed by atoms with Crippen LogP contribution in [-0.2, 0) is 0 Å². The zero-order chi connectivity index (χ0) is 8.10. The Morgan fingerprint density at radius 1 is 1.27 bits per heavy atom. The molecule has 0 saturated carbocycles. The van der Waals surface area contributed by atoms with Gasteiger partial charge in [0.1, 0.15) is 5.69 Å². The summed E-state index contributed by atoms with van der Waals surface area (Å²) in [6.45, 7) is 0. The molecule has 11 heavy (non-hydrogen) atoms. The zero-order valence-corrected chi connectivity index (χ0v) is 6.70. The summed E-state index contributed by atoms with van der Waals surface area (Å²) in [7, 11) is 3.52. The molecule has 1 aromatic rings. The fraction of sp³-hybridized carbons (Fsp3) is 0.250. The van der Waals surface area contributed by atoms with Crippen LogP contribution in [0.25, 0.3) is 0 Å². The second-order valence-corrected chi connectivity index (χ2v) is 2.07. The van der Waals surface area contributed by atoms with Gasteiger partial charge in [0.15, 0.2) is 0 Å². The van der Waals surface area contributed by atoms with E-state index in [4.69, 9.17) is 0 Å². The molecule has 0 aliphatic rings. The molecule has 3 heteroatoms. The standard InChI is InChI=1S/C8H11N3/c1-9-7-5-3-4-6-8(7)11-10-2/h3-6,9H,1-2H3. The van der Waals surface area contributed by atoms with E-state index in [1.165, 1.54) is 0 Å². The molecule has 0 fully saturated rings. The molecule has 0 atom stereocenters. The van der Waals surface area contributed by atoms with Gasteiger partial charge in [-0.05, 0) is 12.1 Å². The summed E-state index contributed by atoms with van der Waals surface area (Å²) in [6.07, 6.45) is 0. The molecule has 58 valence electrons. The normalized spacial score (nSPS) is 10.4. The summed E-state index contributed by atoms with van der Waals surface area (Å²) in [4.78, 5) is 0. The Morgan fingerprint density at radius 2 is 2.00 bits per heavy atom. The third-order valence-corrected chi connectivity index (χ3v) is 1.38. The molecule has 3 nitrogen and oxygen atoms in total. The monoisotopic (exact) mass is 149 g/mol. The minimum Gasteiger partial charge on any atom is -0.386 e. The van der Waals surface area contributed by atoms with Crippen molar-refractivity contribution in [3.8, 4) is 0 Å². The maximum absolute atomic E-state index is 3.94. The Balaban J connectivity index is 3.02. The quantitative estimate of drug-likeness (QED) is 0.644. The molecule has 0 amide bonds. The number of anilines is 1. The minimum atomic E-state index is 0.873. The number of nitrogens with one attached hydrogen (secondary N) is 1. The van der Waals surface area contributed by atoms with Crippen LogP contribution in [-0.4, -0.2) is 14.1 Å². The van der Waals surface area contributed by atoms with Crippen LogP contribution < -0.4 is 5.32 Å². The van der Waals surface area contributed by atoms with Gasteiger partial charge in [0.25, 0.3) is 0 Å². The number of para-hydroxylation sites is 1. The van der Waals surface area contributed by atoms with Crippen LogP contribution in [0.2, 0.25) is 0 Å². The summed E-state index contributed by atoms with van der Waals surface area (Å²) in [5, 5.41) is 10.7. The number of nitrogens with zero attached hydrogens (tertiary/aromatic N) is 2. The van der Waals surface area contributed by atoms with Crippen molar-refractivity contribution in [3.63, 3.8) is 0 Å². The Hall–Kier alpha value is -1.38. The van der Waals surface area contributed by atoms with Gasteiger partial charge in [-0.3, -0.25) is 0 Å². The molecular weight excluding hydrogens is 138 g/mol. The van der Waals surface area contributed by atoms with Crippen LogP contribution in [0.3, 0.4) is 0 Å². The van der Waals surface area contributed by atoms with Crippen molar-refractivity contribution in [1.29, 1.82) is 0 Å². The summed E-state index contributed by atoms with van der Waals surface area (Å²) in [5.74, 6) is 0. The molecule has 0 radical (unpaired) electrons. The van der Waals surface area contributed by atoms with E-state index in [1.54, 1.807) is 7.05 Å². The number of azo groups is 1. The van der Waals surface area contributed by atoms with Gasteiger partial charge in [-0.1, -0.05) is 12.1 Å². The highest BCUT2D eigenvalue weighted by Crippen LogP contribution is 2.23. The highest BCUT2D eigenvalue weighted by atomic mass is 15.1. The predicted octanol–water partition coefficient (Wildman–Crippen LogP) is 2.44. The Labute approximate surface area is 66.2 Å². The van der Waals surface area contributed by atoms with Crippen LogP contribution in [0.5, 0.6) is 0 Å². The van der Waals surface area contributed by atoms with Crippen molar-refractivity contribution in [3.05, 3.63) is 24.3 Å². The van der Waals surface area contributed by atoms with E-state index in [2.05, 4.69) is 15.5 Å². The molecule has 0 spiro atoms. The fourth-order valence-corrected chi connectivity index (χ4v) is 0.880. The highest BCUT2D eigenvalue weighted by molar-refractivity contribution is 5.64. The van der Waals surface area contributed by atoms with Crippen molar-refractivity contribution in [1.82, 2.24) is 0 Å². The van der Waals surface area contributed by atoms with E-state index >= 15 is 0 Å². The first kappa shape index (κ1) is 7.72. The minimum absolute atomic E-state index is 0.873. The topological polar surface area (TPSA) is 36.8 Å². The van der Waals surface area contributed by atoms with Crippen LogP contribution in [0, 0.1) is 0 Å². The second kappa shape index (κ2) is 3.71. The van der Waals surface area contributed by atoms with Crippen molar-refractivity contribution in [2.45, 2.75) is 0 Å². The zero-order valence-electron chi connectivity index (χ0n) is 6.70. The van der Waals surface area contributed by atoms with Crippen molar-refractivity contribution < 1.29 is 0 Å². The van der Waals surface area contributed by atoms with Crippen LogP contribution >= 0.6 is 0 Å². The lowest BCUT2D eigenvalue weighted by Gasteiger charge is -2.01. The van der Waals surface area contributed by atoms with Crippen LogP contribution in [0.1, 0.15) is 0 Å². The SMILES string of the molecule is CN=Nc1ccccc1NC. The largest absolute Gasteiger partial charge is 0.386 e. The summed E-state index contributed by atoms with van der Waals surface area (Å²) in [6, 6.07) is 7.77. The lowest BCUT2D eigenvalue weighted by Crippen LogP contribution is -1.86. The third kappa shape index (κ3) is 1.77. The van der Waals surface area contributed by atoms with E-state index in [0.29, 0.717) is 0 Å². The Kier molecular flexibility index (Phi) is 2.60. The molecule has 0 aromatic heterocycles. The first-order valence-electron chi connectivity index (χ1n) is 3.45. The summed E-state index contributed by atoms with van der Waals surface area (Å²) >= 11 is 0. The maximum Gasteiger partial charge on any atom is 0.108 e. The van der Waals surface area contributed by atoms with Gasteiger partial charge in [-0.2, -0.15) is 10.2 Å². The van der Waals surface area contributed by atoms with Gasteiger partial charge in [0, 0.05) is 14.1 Å². The number of hydrogen-bond donors (Lipinski definition) is 1. The lowest BCUT2D eigenvalue weighted by molar-refractivity contribution is 1.17. The summed E-state index contributed by atoms with van der Waals surface area (Å²) < 4.78 is 0. The smallest absolute Gasteiger partial charge is 0.108 e. The van der Waals surface area contributed by atoms with E-state index in [0.717, 1.165) is 11.4 Å². The van der Waals surface area contributed by atoms with Gasteiger partial charge in [0.05, 0.1) is 5.69 Å². The Morgan fingerprint density at radius 3 is 2.64 bits per heavy atom. The average molecular weight is 149 g/mol. The fourth-order valence-electron chi connectivity index (χ4n) is 0.880. The van der Waals surface area contributed by atoms with Crippen LogP contribution in [0.15, 0.2) is 34.5 Å². The molecule has 1 rings (SSSR count). The summed E-state index contributed by atoms with van der Waals surface area (Å²) in [5.41, 5.74) is 1.87. The van der Waals surface area contributed by atoms with Gasteiger partial charge < -0.3 is 5.32 Å². The van der Waals surface area contributed by atoms with Gasteiger partial charge in [-0.25, -0.2) is 0 Å². The first-order valence-corrected chi connectivity index (χ1v) is 3.45. The maximum atomic E-state index is 3.94. The van der Waals surface area contributed by atoms with Crippen molar-refractivity contribution in [2.75, 3.05) is 19.4 Å². The van der Waals surface area contributed by atoms with E-state index in [9.17, 15) is 0 Å². The molecule has 0 heterocycles.